The van der Waals surface area contributed by atoms with Gasteiger partial charge in [0, 0.05) is 14.1 Å². The number of hydrogen-bond donors (Lipinski definition) is 1. The van der Waals surface area contributed by atoms with Crippen LogP contribution in [0.15, 0.2) is 0 Å². The van der Waals surface area contributed by atoms with Gasteiger partial charge in [-0.2, -0.15) is 0 Å². The van der Waals surface area contributed by atoms with Gasteiger partial charge in [-0.25, -0.2) is 5.06 Å². The summed E-state index contributed by atoms with van der Waals surface area (Å²) in [5.74, 6) is 0. The summed E-state index contributed by atoms with van der Waals surface area (Å²) >= 11 is 5.11. The number of hydrogen-bond acceptors (Lipinski definition) is 2. The quantitative estimate of drug-likeness (QED) is 0.612. The van der Waals surface area contributed by atoms with E-state index in [2.05, 4.69) is 34.6 Å². The van der Waals surface area contributed by atoms with Gasteiger partial charge in [-0.3, -0.25) is 5.21 Å². The second-order valence-corrected chi connectivity index (χ2v) is 7.00. The third kappa shape index (κ3) is 6.28. The van der Waals surface area contributed by atoms with Crippen molar-refractivity contribution >= 4 is 17.3 Å². The van der Waals surface area contributed by atoms with E-state index in [1.165, 1.54) is 5.06 Å². The summed E-state index contributed by atoms with van der Waals surface area (Å²) in [5, 5.41) is 11.5. The fraction of sp³-hybridized carbons (Fsp3) is 0.917. The first kappa shape index (κ1) is 15.7. The van der Waals surface area contributed by atoms with E-state index in [0.717, 1.165) is 6.42 Å². The topological polar surface area (TPSA) is 26.7 Å². The predicted molar refractivity (Wildman–Crippen MR) is 72.6 cm³/mol. The molecule has 1 N–H and O–H groups in total. The van der Waals surface area contributed by atoms with E-state index in [9.17, 15) is 5.21 Å². The van der Waals surface area contributed by atoms with Crippen LogP contribution < -0.4 is 0 Å². The number of rotatable bonds is 3. The van der Waals surface area contributed by atoms with Crippen LogP contribution in [0.4, 0.5) is 0 Å². The van der Waals surface area contributed by atoms with E-state index in [4.69, 9.17) is 12.2 Å². The normalized spacial score (nSPS) is 12.5. The van der Waals surface area contributed by atoms with Gasteiger partial charge in [-0.05, 0) is 29.5 Å². The Labute approximate surface area is 105 Å². The van der Waals surface area contributed by atoms with Crippen LogP contribution in [-0.4, -0.2) is 40.9 Å². The van der Waals surface area contributed by atoms with Gasteiger partial charge in [-0.1, -0.05) is 34.6 Å². The maximum atomic E-state index is 9.87. The van der Waals surface area contributed by atoms with Crippen molar-refractivity contribution in [3.8, 4) is 0 Å². The zero-order valence-electron chi connectivity index (χ0n) is 11.7. The summed E-state index contributed by atoms with van der Waals surface area (Å²) < 4.78 is 0. The molecule has 0 saturated heterocycles. The molecular weight excluding hydrogens is 220 g/mol. The molecule has 0 bridgehead atoms. The molecule has 96 valence electrons. The minimum atomic E-state index is 0.0348. The predicted octanol–water partition coefficient (Wildman–Crippen LogP) is 2.99. The molecule has 0 aromatic rings. The summed E-state index contributed by atoms with van der Waals surface area (Å²) in [5.41, 5.74) is 0.289. The van der Waals surface area contributed by atoms with E-state index in [-0.39, 0.29) is 10.8 Å². The van der Waals surface area contributed by atoms with Crippen LogP contribution in [0, 0.1) is 10.8 Å². The van der Waals surface area contributed by atoms with Crippen molar-refractivity contribution in [1.29, 1.82) is 0 Å². The maximum Gasteiger partial charge on any atom is 0.195 e. The molecule has 0 aliphatic heterocycles. The Balaban J connectivity index is 4.42. The zero-order chi connectivity index (χ0) is 13.1. The Bertz CT molecular complexity index is 244. The molecule has 0 fully saturated rings. The number of hydroxylamine groups is 2. The summed E-state index contributed by atoms with van der Waals surface area (Å²) in [7, 11) is 3.67. The van der Waals surface area contributed by atoms with Crippen molar-refractivity contribution in [2.24, 2.45) is 10.8 Å². The van der Waals surface area contributed by atoms with Gasteiger partial charge >= 0.3 is 0 Å². The molecule has 0 atom stereocenters. The SMILES string of the molecule is CN(C)C(=S)N(O)CC(C)(C)CC(C)(C)C. The average molecular weight is 246 g/mol. The molecule has 0 aromatic heterocycles. The van der Waals surface area contributed by atoms with Crippen molar-refractivity contribution in [1.82, 2.24) is 9.96 Å². The fourth-order valence-electron chi connectivity index (χ4n) is 2.20. The number of nitrogens with zero attached hydrogens (tertiary/aromatic N) is 2. The van der Waals surface area contributed by atoms with Crippen molar-refractivity contribution < 1.29 is 5.21 Å². The second kappa shape index (κ2) is 5.32. The smallest absolute Gasteiger partial charge is 0.195 e. The van der Waals surface area contributed by atoms with Crippen LogP contribution in [0.5, 0.6) is 0 Å². The largest absolute Gasteiger partial charge is 0.354 e. The van der Waals surface area contributed by atoms with E-state index in [1.807, 2.05) is 14.1 Å². The van der Waals surface area contributed by atoms with Crippen molar-refractivity contribution in [2.75, 3.05) is 20.6 Å². The van der Waals surface area contributed by atoms with Gasteiger partial charge in [-0.15, -0.1) is 0 Å². The zero-order valence-corrected chi connectivity index (χ0v) is 12.5. The summed E-state index contributed by atoms with van der Waals surface area (Å²) in [6.07, 6.45) is 1.03. The van der Waals surface area contributed by atoms with Gasteiger partial charge in [0.15, 0.2) is 5.11 Å². The molecule has 0 radical (unpaired) electrons. The highest BCUT2D eigenvalue weighted by molar-refractivity contribution is 7.80. The van der Waals surface area contributed by atoms with E-state index < -0.39 is 0 Å². The molecule has 16 heavy (non-hydrogen) atoms. The lowest BCUT2D eigenvalue weighted by molar-refractivity contribution is -0.0542. The molecule has 0 spiro atoms. The van der Waals surface area contributed by atoms with Crippen LogP contribution in [0.1, 0.15) is 41.0 Å². The lowest BCUT2D eigenvalue weighted by atomic mass is 9.76. The molecule has 0 aromatic carbocycles. The average Bonchev–Trinajstić information content (AvgIpc) is 1.96. The highest BCUT2D eigenvalue weighted by Crippen LogP contribution is 2.33. The minimum Gasteiger partial charge on any atom is -0.354 e. The summed E-state index contributed by atoms with van der Waals surface area (Å²) in [6, 6.07) is 0. The van der Waals surface area contributed by atoms with Gasteiger partial charge in [0.1, 0.15) is 0 Å². The van der Waals surface area contributed by atoms with Crippen LogP contribution in [0.25, 0.3) is 0 Å². The Kier molecular flexibility index (Phi) is 5.20. The van der Waals surface area contributed by atoms with Crippen LogP contribution in [0.2, 0.25) is 0 Å². The first-order valence-electron chi connectivity index (χ1n) is 5.62. The Morgan fingerprint density at radius 2 is 1.56 bits per heavy atom. The Morgan fingerprint density at radius 1 is 1.12 bits per heavy atom. The van der Waals surface area contributed by atoms with Crippen LogP contribution in [-0.2, 0) is 0 Å². The highest BCUT2D eigenvalue weighted by atomic mass is 32.1. The van der Waals surface area contributed by atoms with Gasteiger partial charge < -0.3 is 4.90 Å². The minimum absolute atomic E-state index is 0.0348. The van der Waals surface area contributed by atoms with Gasteiger partial charge in [0.05, 0.1) is 6.54 Å². The van der Waals surface area contributed by atoms with Gasteiger partial charge in [0.25, 0.3) is 0 Å². The fourth-order valence-corrected chi connectivity index (χ4v) is 2.26. The summed E-state index contributed by atoms with van der Waals surface area (Å²) in [4.78, 5) is 1.74. The van der Waals surface area contributed by atoms with Gasteiger partial charge in [0.2, 0.25) is 0 Å². The number of thiocarbonyl (C=S) groups is 1. The summed E-state index contributed by atoms with van der Waals surface area (Å²) in [6.45, 7) is 11.5. The molecule has 0 aliphatic carbocycles. The monoisotopic (exact) mass is 246 g/mol. The lowest BCUT2D eigenvalue weighted by Gasteiger charge is -2.36. The molecule has 4 heteroatoms. The van der Waals surface area contributed by atoms with E-state index in [1.54, 1.807) is 4.90 Å². The maximum absolute atomic E-state index is 9.87. The first-order valence-corrected chi connectivity index (χ1v) is 6.03. The molecule has 0 saturated carbocycles. The standard InChI is InChI=1S/C12H26N2OS/c1-11(2,3)8-12(4,5)9-14(15)10(16)13(6)7/h15H,8-9H2,1-7H3. The molecule has 0 rings (SSSR count). The van der Waals surface area contributed by atoms with E-state index in [0.29, 0.717) is 11.7 Å². The first-order chi connectivity index (χ1) is 6.94. The van der Waals surface area contributed by atoms with Crippen molar-refractivity contribution in [2.45, 2.75) is 41.0 Å². The lowest BCUT2D eigenvalue weighted by Crippen LogP contribution is -2.42. The molecule has 0 aliphatic rings. The molecule has 0 heterocycles. The Hall–Kier alpha value is -0.350. The molecular formula is C12H26N2OS. The second-order valence-electron chi connectivity index (χ2n) is 6.64. The highest BCUT2D eigenvalue weighted by Gasteiger charge is 2.28. The van der Waals surface area contributed by atoms with Crippen molar-refractivity contribution in [3.63, 3.8) is 0 Å². The van der Waals surface area contributed by atoms with E-state index >= 15 is 0 Å². The Morgan fingerprint density at radius 3 is 1.88 bits per heavy atom. The third-order valence-electron chi connectivity index (χ3n) is 2.19. The van der Waals surface area contributed by atoms with Crippen molar-refractivity contribution in [3.05, 3.63) is 0 Å². The molecule has 3 nitrogen and oxygen atoms in total. The van der Waals surface area contributed by atoms with Crippen LogP contribution in [0.3, 0.4) is 0 Å². The molecule has 0 amide bonds. The molecule has 0 unspecified atom stereocenters. The third-order valence-corrected chi connectivity index (χ3v) is 2.77. The van der Waals surface area contributed by atoms with Crippen LogP contribution >= 0.6 is 12.2 Å².